The molecular weight excluding hydrogens is 328 g/mol. The first kappa shape index (κ1) is 16.6. The molecule has 1 aromatic carbocycles. The molecule has 0 N–H and O–H groups in total. The number of para-hydroxylation sites is 1. The van der Waals surface area contributed by atoms with Crippen molar-refractivity contribution in [3.63, 3.8) is 0 Å². The molecule has 1 amide bonds. The Morgan fingerprint density at radius 1 is 1.27 bits per heavy atom. The molecule has 6 heteroatoms. The Labute approximate surface area is 152 Å². The number of carbonyl (C=O) groups is 1. The molecule has 6 nitrogen and oxygen atoms in total. The van der Waals surface area contributed by atoms with E-state index in [-0.39, 0.29) is 11.8 Å². The van der Waals surface area contributed by atoms with Gasteiger partial charge in [0.05, 0.1) is 12.2 Å². The van der Waals surface area contributed by atoms with Gasteiger partial charge in [-0.25, -0.2) is 9.97 Å². The Balaban J connectivity index is 1.57. The van der Waals surface area contributed by atoms with E-state index in [4.69, 9.17) is 9.72 Å². The van der Waals surface area contributed by atoms with Crippen LogP contribution in [0.15, 0.2) is 42.6 Å². The molecule has 1 fully saturated rings. The van der Waals surface area contributed by atoms with Gasteiger partial charge in [-0.15, -0.1) is 0 Å². The maximum atomic E-state index is 13.0. The molecule has 26 heavy (non-hydrogen) atoms. The number of hydrogen-bond acceptors (Lipinski definition) is 4. The van der Waals surface area contributed by atoms with Crippen LogP contribution in [0.3, 0.4) is 0 Å². The summed E-state index contributed by atoms with van der Waals surface area (Å²) in [5.41, 5.74) is 2.41. The summed E-state index contributed by atoms with van der Waals surface area (Å²) in [5.74, 6) is 1.88. The van der Waals surface area contributed by atoms with Crippen LogP contribution < -0.4 is 4.74 Å². The second-order valence-corrected chi connectivity index (χ2v) is 6.54. The van der Waals surface area contributed by atoms with Gasteiger partial charge in [-0.2, -0.15) is 0 Å². The zero-order chi connectivity index (χ0) is 18.1. The van der Waals surface area contributed by atoms with Crippen molar-refractivity contribution < 1.29 is 9.53 Å². The number of fused-ring (bicyclic) bond motifs is 1. The fourth-order valence-corrected chi connectivity index (χ4v) is 3.66. The van der Waals surface area contributed by atoms with E-state index in [2.05, 4.69) is 4.98 Å². The Morgan fingerprint density at radius 2 is 2.12 bits per heavy atom. The lowest BCUT2D eigenvalue weighted by molar-refractivity contribution is 0.0786. The minimum absolute atomic E-state index is 0.0217. The highest BCUT2D eigenvalue weighted by Gasteiger charge is 2.32. The second-order valence-electron chi connectivity index (χ2n) is 6.54. The summed E-state index contributed by atoms with van der Waals surface area (Å²) in [5, 5.41) is 0. The van der Waals surface area contributed by atoms with Crippen LogP contribution in [0.5, 0.6) is 5.75 Å². The predicted molar refractivity (Wildman–Crippen MR) is 99.4 cm³/mol. The van der Waals surface area contributed by atoms with Crippen LogP contribution in [0.2, 0.25) is 0 Å². The number of imidazole rings is 1. The van der Waals surface area contributed by atoms with E-state index in [1.807, 2.05) is 59.8 Å². The van der Waals surface area contributed by atoms with Gasteiger partial charge in [0.1, 0.15) is 17.1 Å². The largest absolute Gasteiger partial charge is 0.493 e. The standard InChI is InChI=1S/C20H22N4O2/c1-3-26-17-9-5-4-7-15(17)20(25)24-12-10-14(13-24)18-22-16-8-6-11-21-19(16)23(18)2/h4-9,11,14H,3,10,12-13H2,1-2H3/t14-/m1/s1. The lowest BCUT2D eigenvalue weighted by Gasteiger charge is -2.18. The first-order valence-electron chi connectivity index (χ1n) is 8.97. The second kappa shape index (κ2) is 6.78. The third-order valence-corrected chi connectivity index (χ3v) is 4.92. The highest BCUT2D eigenvalue weighted by atomic mass is 16.5. The fourth-order valence-electron chi connectivity index (χ4n) is 3.66. The molecule has 0 spiro atoms. The summed E-state index contributed by atoms with van der Waals surface area (Å²) in [6.45, 7) is 3.85. The van der Waals surface area contributed by atoms with Crippen molar-refractivity contribution in [2.75, 3.05) is 19.7 Å². The Kier molecular flexibility index (Phi) is 4.32. The molecule has 0 aliphatic carbocycles. The van der Waals surface area contributed by atoms with Crippen molar-refractivity contribution in [2.24, 2.45) is 7.05 Å². The summed E-state index contributed by atoms with van der Waals surface area (Å²) in [6, 6.07) is 11.3. The first-order chi connectivity index (χ1) is 12.7. The number of hydrogen-bond donors (Lipinski definition) is 0. The number of aryl methyl sites for hydroxylation is 1. The Morgan fingerprint density at radius 3 is 2.92 bits per heavy atom. The van der Waals surface area contributed by atoms with Crippen LogP contribution in [0, 0.1) is 0 Å². The molecule has 0 bridgehead atoms. The Bertz CT molecular complexity index is 950. The molecule has 4 rings (SSSR count). The minimum atomic E-state index is 0.0217. The lowest BCUT2D eigenvalue weighted by Crippen LogP contribution is -2.29. The average Bonchev–Trinajstić information content (AvgIpc) is 3.27. The SMILES string of the molecule is CCOc1ccccc1C(=O)N1CC[C@@H](c2nc3cccnc3n2C)C1. The summed E-state index contributed by atoms with van der Waals surface area (Å²) in [6.07, 6.45) is 2.68. The molecule has 3 heterocycles. The lowest BCUT2D eigenvalue weighted by atomic mass is 10.1. The third-order valence-electron chi connectivity index (χ3n) is 4.92. The summed E-state index contributed by atoms with van der Waals surface area (Å²) in [4.78, 5) is 24.0. The van der Waals surface area contributed by atoms with Gasteiger partial charge in [0, 0.05) is 32.3 Å². The fraction of sp³-hybridized carbons (Fsp3) is 0.350. The van der Waals surface area contributed by atoms with E-state index in [0.29, 0.717) is 24.5 Å². The van der Waals surface area contributed by atoms with Crippen LogP contribution in [0.25, 0.3) is 11.2 Å². The van der Waals surface area contributed by atoms with Crippen molar-refractivity contribution in [1.29, 1.82) is 0 Å². The Hall–Kier alpha value is -2.89. The molecule has 0 radical (unpaired) electrons. The number of benzene rings is 1. The number of pyridine rings is 1. The topological polar surface area (TPSA) is 60.2 Å². The zero-order valence-corrected chi connectivity index (χ0v) is 15.1. The summed E-state index contributed by atoms with van der Waals surface area (Å²) < 4.78 is 7.66. The van der Waals surface area contributed by atoms with Gasteiger partial charge >= 0.3 is 0 Å². The number of aromatic nitrogens is 3. The molecule has 2 aromatic heterocycles. The van der Waals surface area contributed by atoms with Crippen LogP contribution in [-0.4, -0.2) is 45.0 Å². The molecule has 134 valence electrons. The van der Waals surface area contributed by atoms with Gasteiger partial charge in [-0.1, -0.05) is 12.1 Å². The smallest absolute Gasteiger partial charge is 0.257 e. The van der Waals surface area contributed by atoms with Gasteiger partial charge in [0.25, 0.3) is 5.91 Å². The molecule has 1 atom stereocenters. The molecule has 3 aromatic rings. The van der Waals surface area contributed by atoms with Crippen molar-refractivity contribution in [3.05, 3.63) is 54.0 Å². The van der Waals surface area contributed by atoms with Gasteiger partial charge in [0.15, 0.2) is 5.65 Å². The van der Waals surface area contributed by atoms with E-state index < -0.39 is 0 Å². The van der Waals surface area contributed by atoms with E-state index in [0.717, 1.165) is 30.0 Å². The van der Waals surface area contributed by atoms with E-state index >= 15 is 0 Å². The molecule has 1 aliphatic heterocycles. The quantitative estimate of drug-likeness (QED) is 0.726. The van der Waals surface area contributed by atoms with Crippen LogP contribution in [0.4, 0.5) is 0 Å². The van der Waals surface area contributed by atoms with Crippen LogP contribution in [0.1, 0.15) is 35.4 Å². The highest BCUT2D eigenvalue weighted by molar-refractivity contribution is 5.97. The van der Waals surface area contributed by atoms with E-state index in [9.17, 15) is 4.79 Å². The average molecular weight is 350 g/mol. The maximum absolute atomic E-state index is 13.0. The highest BCUT2D eigenvalue weighted by Crippen LogP contribution is 2.30. The van der Waals surface area contributed by atoms with Gasteiger partial charge in [-0.05, 0) is 37.6 Å². The third kappa shape index (κ3) is 2.81. The monoisotopic (exact) mass is 350 g/mol. The van der Waals surface area contributed by atoms with Gasteiger partial charge in [0.2, 0.25) is 0 Å². The number of rotatable bonds is 4. The van der Waals surface area contributed by atoms with Gasteiger partial charge in [-0.3, -0.25) is 4.79 Å². The number of likely N-dealkylation sites (tertiary alicyclic amines) is 1. The van der Waals surface area contributed by atoms with E-state index in [1.54, 1.807) is 6.20 Å². The van der Waals surface area contributed by atoms with Crippen LogP contribution >= 0.6 is 0 Å². The number of nitrogens with zero attached hydrogens (tertiary/aromatic N) is 4. The molecule has 1 saturated heterocycles. The van der Waals surface area contributed by atoms with Crippen molar-refractivity contribution in [1.82, 2.24) is 19.4 Å². The zero-order valence-electron chi connectivity index (χ0n) is 15.1. The van der Waals surface area contributed by atoms with Crippen molar-refractivity contribution >= 4 is 17.1 Å². The van der Waals surface area contributed by atoms with Crippen molar-refractivity contribution in [3.8, 4) is 5.75 Å². The molecule has 0 saturated carbocycles. The van der Waals surface area contributed by atoms with Crippen LogP contribution in [-0.2, 0) is 7.05 Å². The summed E-state index contributed by atoms with van der Waals surface area (Å²) in [7, 11) is 1.99. The number of ether oxygens (including phenoxy) is 1. The summed E-state index contributed by atoms with van der Waals surface area (Å²) >= 11 is 0. The van der Waals surface area contributed by atoms with Crippen molar-refractivity contribution in [2.45, 2.75) is 19.3 Å². The molecular formula is C20H22N4O2. The number of amides is 1. The normalized spacial score (nSPS) is 17.0. The predicted octanol–water partition coefficient (Wildman–Crippen LogP) is 3.00. The first-order valence-corrected chi connectivity index (χ1v) is 8.97. The molecule has 1 aliphatic rings. The maximum Gasteiger partial charge on any atom is 0.257 e. The van der Waals surface area contributed by atoms with E-state index in [1.165, 1.54) is 0 Å². The molecule has 0 unspecified atom stereocenters. The van der Waals surface area contributed by atoms with Gasteiger partial charge < -0.3 is 14.2 Å². The minimum Gasteiger partial charge on any atom is -0.493 e. The number of carbonyl (C=O) groups excluding carboxylic acids is 1.